The van der Waals surface area contributed by atoms with Gasteiger partial charge in [-0.2, -0.15) is 0 Å². The van der Waals surface area contributed by atoms with Crippen LogP contribution in [-0.4, -0.2) is 35.5 Å². The Balaban J connectivity index is 1.63. The van der Waals surface area contributed by atoms with Gasteiger partial charge in [0, 0.05) is 19.6 Å². The van der Waals surface area contributed by atoms with Crippen LogP contribution in [0.1, 0.15) is 30.0 Å². The highest BCUT2D eigenvalue weighted by molar-refractivity contribution is 5.83. The Kier molecular flexibility index (Phi) is 5.81. The van der Waals surface area contributed by atoms with Crippen LogP contribution in [0, 0.1) is 12.7 Å². The van der Waals surface area contributed by atoms with Crippen LogP contribution in [-0.2, 0) is 11.3 Å². The fraction of sp³-hybridized carbons (Fsp3) is 0.304. The predicted octanol–water partition coefficient (Wildman–Crippen LogP) is 3.86. The number of carbonyl (C=O) groups is 1. The number of halogens is 1. The van der Waals surface area contributed by atoms with Crippen molar-refractivity contribution in [2.75, 3.05) is 19.7 Å². The van der Waals surface area contributed by atoms with Gasteiger partial charge in [-0.25, -0.2) is 9.37 Å². The summed E-state index contributed by atoms with van der Waals surface area (Å²) in [6, 6.07) is 13.2. The second-order valence-electron chi connectivity index (χ2n) is 7.17. The Bertz CT molecular complexity index is 1050. The number of para-hydroxylation sites is 1. The third-order valence-electron chi connectivity index (χ3n) is 5.14. The van der Waals surface area contributed by atoms with E-state index in [4.69, 9.17) is 14.1 Å². The van der Waals surface area contributed by atoms with Crippen molar-refractivity contribution >= 4 is 5.91 Å². The van der Waals surface area contributed by atoms with Crippen molar-refractivity contribution in [3.8, 4) is 17.2 Å². The number of carbonyl (C=O) groups excluding carboxylic acids is 1. The smallest absolute Gasteiger partial charge is 0.242 e. The minimum absolute atomic E-state index is 0.144. The van der Waals surface area contributed by atoms with Crippen LogP contribution in [0.2, 0.25) is 0 Å². The average Bonchev–Trinajstić information content (AvgIpc) is 3.09. The molecule has 1 atom stereocenters. The molecule has 6 nitrogen and oxygen atoms in total. The average molecular weight is 409 g/mol. The van der Waals surface area contributed by atoms with Crippen molar-refractivity contribution in [2.45, 2.75) is 26.4 Å². The van der Waals surface area contributed by atoms with Gasteiger partial charge in [-0.3, -0.25) is 9.69 Å². The van der Waals surface area contributed by atoms with E-state index in [-0.39, 0.29) is 11.7 Å². The number of aromatic nitrogens is 1. The fourth-order valence-corrected chi connectivity index (χ4v) is 3.73. The summed E-state index contributed by atoms with van der Waals surface area (Å²) in [7, 11) is 0. The lowest BCUT2D eigenvalue weighted by Gasteiger charge is -2.34. The summed E-state index contributed by atoms with van der Waals surface area (Å²) < 4.78 is 25.4. The minimum Gasteiger partial charge on any atom is -0.493 e. The van der Waals surface area contributed by atoms with Gasteiger partial charge >= 0.3 is 0 Å². The molecular formula is C23H24FN3O3. The van der Waals surface area contributed by atoms with Crippen LogP contribution in [0.15, 0.2) is 52.9 Å². The molecule has 2 aromatic carbocycles. The number of nitrogens with one attached hydrogen (secondary N) is 1. The van der Waals surface area contributed by atoms with Gasteiger partial charge in [0.2, 0.25) is 11.8 Å². The zero-order valence-corrected chi connectivity index (χ0v) is 17.0. The van der Waals surface area contributed by atoms with E-state index in [9.17, 15) is 9.18 Å². The SMILES string of the molecule is CCOc1ccccc1-c1nc(CN2CCNC(=O)[C@H]2c2cccc(F)c2)c(C)o1. The van der Waals surface area contributed by atoms with Gasteiger partial charge in [-0.15, -0.1) is 0 Å². The number of hydrogen-bond donors (Lipinski definition) is 1. The number of amides is 1. The molecule has 1 saturated heterocycles. The van der Waals surface area contributed by atoms with E-state index >= 15 is 0 Å². The molecule has 0 radical (unpaired) electrons. The number of aryl methyl sites for hydroxylation is 1. The molecule has 4 rings (SSSR count). The maximum atomic E-state index is 13.8. The summed E-state index contributed by atoms with van der Waals surface area (Å²) in [5.74, 6) is 1.37. The molecule has 156 valence electrons. The summed E-state index contributed by atoms with van der Waals surface area (Å²) in [6.45, 7) is 5.90. The Morgan fingerprint density at radius 1 is 1.27 bits per heavy atom. The molecule has 0 aliphatic carbocycles. The Hall–Kier alpha value is -3.19. The molecule has 1 N–H and O–H groups in total. The summed E-state index contributed by atoms with van der Waals surface area (Å²) in [6.07, 6.45) is 0. The molecule has 0 unspecified atom stereocenters. The molecule has 7 heteroatoms. The zero-order chi connectivity index (χ0) is 21.1. The molecule has 1 aromatic heterocycles. The first-order chi connectivity index (χ1) is 14.6. The highest BCUT2D eigenvalue weighted by Gasteiger charge is 2.32. The van der Waals surface area contributed by atoms with Crippen LogP contribution in [0.4, 0.5) is 4.39 Å². The van der Waals surface area contributed by atoms with E-state index in [1.54, 1.807) is 12.1 Å². The lowest BCUT2D eigenvalue weighted by molar-refractivity contribution is -0.129. The van der Waals surface area contributed by atoms with Crippen LogP contribution < -0.4 is 10.1 Å². The second-order valence-corrected chi connectivity index (χ2v) is 7.17. The summed E-state index contributed by atoms with van der Waals surface area (Å²) >= 11 is 0. The van der Waals surface area contributed by atoms with Gasteiger partial charge in [0.05, 0.1) is 17.9 Å². The molecule has 2 heterocycles. The van der Waals surface area contributed by atoms with Gasteiger partial charge in [0.25, 0.3) is 0 Å². The quantitative estimate of drug-likeness (QED) is 0.670. The van der Waals surface area contributed by atoms with Gasteiger partial charge in [-0.1, -0.05) is 24.3 Å². The molecule has 0 spiro atoms. The first kappa shape index (κ1) is 20.1. The number of oxazole rings is 1. The fourth-order valence-electron chi connectivity index (χ4n) is 3.73. The first-order valence-electron chi connectivity index (χ1n) is 10.0. The van der Waals surface area contributed by atoms with Crippen molar-refractivity contribution in [1.29, 1.82) is 0 Å². The monoisotopic (exact) mass is 409 g/mol. The van der Waals surface area contributed by atoms with Gasteiger partial charge < -0.3 is 14.5 Å². The number of piperazine rings is 1. The predicted molar refractivity (Wildman–Crippen MR) is 110 cm³/mol. The number of nitrogens with zero attached hydrogens (tertiary/aromatic N) is 2. The summed E-state index contributed by atoms with van der Waals surface area (Å²) in [4.78, 5) is 19.3. The maximum Gasteiger partial charge on any atom is 0.242 e. The van der Waals surface area contributed by atoms with Crippen LogP contribution in [0.5, 0.6) is 5.75 Å². The number of benzene rings is 2. The molecule has 30 heavy (non-hydrogen) atoms. The van der Waals surface area contributed by atoms with E-state index in [0.29, 0.717) is 49.2 Å². The molecule has 1 aliphatic heterocycles. The van der Waals surface area contributed by atoms with Gasteiger partial charge in [-0.05, 0) is 43.7 Å². The first-order valence-corrected chi connectivity index (χ1v) is 10.0. The number of rotatable bonds is 6. The highest BCUT2D eigenvalue weighted by Crippen LogP contribution is 2.32. The Labute approximate surface area is 174 Å². The van der Waals surface area contributed by atoms with Gasteiger partial charge in [0.15, 0.2) is 0 Å². The number of hydrogen-bond acceptors (Lipinski definition) is 5. The minimum atomic E-state index is -0.579. The normalized spacial score (nSPS) is 17.0. The molecule has 3 aromatic rings. The van der Waals surface area contributed by atoms with E-state index in [1.807, 2.05) is 43.0 Å². The summed E-state index contributed by atoms with van der Waals surface area (Å²) in [5.41, 5.74) is 2.15. The Morgan fingerprint density at radius 3 is 2.90 bits per heavy atom. The summed E-state index contributed by atoms with van der Waals surface area (Å²) in [5, 5.41) is 2.87. The third kappa shape index (κ3) is 4.07. The lowest BCUT2D eigenvalue weighted by Crippen LogP contribution is -2.49. The van der Waals surface area contributed by atoms with E-state index in [2.05, 4.69) is 5.32 Å². The van der Waals surface area contributed by atoms with Crippen LogP contribution in [0.3, 0.4) is 0 Å². The molecule has 0 bridgehead atoms. The maximum absolute atomic E-state index is 13.8. The zero-order valence-electron chi connectivity index (χ0n) is 17.0. The van der Waals surface area contributed by atoms with Crippen LogP contribution in [0.25, 0.3) is 11.5 Å². The third-order valence-corrected chi connectivity index (χ3v) is 5.14. The van der Waals surface area contributed by atoms with Crippen LogP contribution >= 0.6 is 0 Å². The van der Waals surface area contributed by atoms with E-state index in [0.717, 1.165) is 11.3 Å². The second kappa shape index (κ2) is 8.67. The topological polar surface area (TPSA) is 67.6 Å². The largest absolute Gasteiger partial charge is 0.493 e. The molecule has 1 aliphatic rings. The molecular weight excluding hydrogens is 385 g/mol. The van der Waals surface area contributed by atoms with Crippen molar-refractivity contribution in [2.24, 2.45) is 0 Å². The van der Waals surface area contributed by atoms with Crippen molar-refractivity contribution in [3.05, 3.63) is 71.4 Å². The van der Waals surface area contributed by atoms with E-state index < -0.39 is 6.04 Å². The molecule has 0 saturated carbocycles. The lowest BCUT2D eigenvalue weighted by atomic mass is 10.0. The van der Waals surface area contributed by atoms with Crippen molar-refractivity contribution in [1.82, 2.24) is 15.2 Å². The van der Waals surface area contributed by atoms with Gasteiger partial charge in [0.1, 0.15) is 23.4 Å². The van der Waals surface area contributed by atoms with Crippen molar-refractivity contribution < 1.29 is 18.3 Å². The standard InChI is InChI=1S/C23H24FN3O3/c1-3-29-20-10-5-4-9-18(20)23-26-19(15(2)30-23)14-27-12-11-25-22(28)21(27)16-7-6-8-17(24)13-16/h4-10,13,21H,3,11-12,14H2,1-2H3,(H,25,28)/t21-/m1/s1. The molecule has 1 fully saturated rings. The number of ether oxygens (including phenoxy) is 1. The highest BCUT2D eigenvalue weighted by atomic mass is 19.1. The Morgan fingerprint density at radius 2 is 2.10 bits per heavy atom. The van der Waals surface area contributed by atoms with Crippen molar-refractivity contribution in [3.63, 3.8) is 0 Å². The molecule has 1 amide bonds. The van der Waals surface area contributed by atoms with E-state index in [1.165, 1.54) is 12.1 Å².